The quantitative estimate of drug-likeness (QED) is 0.169. The van der Waals surface area contributed by atoms with Gasteiger partial charge in [0.25, 0.3) is 0 Å². The van der Waals surface area contributed by atoms with Crippen molar-refractivity contribution in [1.82, 2.24) is 18.9 Å². The Morgan fingerprint density at radius 3 is 1.60 bits per heavy atom. The van der Waals surface area contributed by atoms with Gasteiger partial charge in [-0.25, -0.2) is 9.97 Å². The highest BCUT2D eigenvalue weighted by Crippen LogP contribution is 2.41. The normalized spacial score (nSPS) is 11.7. The van der Waals surface area contributed by atoms with Gasteiger partial charge >= 0.3 is 0 Å². The summed E-state index contributed by atoms with van der Waals surface area (Å²) in [7, 11) is 0. The average molecular weight is 765 g/mol. The Kier molecular flexibility index (Phi) is 7.82. The summed E-state index contributed by atoms with van der Waals surface area (Å²) in [6, 6.07) is 78.0. The van der Waals surface area contributed by atoms with E-state index in [1.54, 1.807) is 0 Å². The molecule has 12 aromatic rings. The zero-order valence-electron chi connectivity index (χ0n) is 32.6. The maximum absolute atomic E-state index is 5.27. The highest BCUT2D eigenvalue weighted by atomic mass is 15.1. The molecule has 4 nitrogen and oxygen atoms in total. The van der Waals surface area contributed by atoms with E-state index >= 15 is 0 Å². The van der Waals surface area contributed by atoms with Gasteiger partial charge in [0.05, 0.1) is 27.9 Å². The highest BCUT2D eigenvalue weighted by molar-refractivity contribution is 6.09. The molecule has 12 rings (SSSR count). The third-order valence-electron chi connectivity index (χ3n) is 11.9. The van der Waals surface area contributed by atoms with Gasteiger partial charge in [-0.15, -0.1) is 0 Å². The molecule has 0 bridgehead atoms. The van der Waals surface area contributed by atoms with E-state index in [2.05, 4.69) is 227 Å². The monoisotopic (exact) mass is 764 g/mol. The molecule has 60 heavy (non-hydrogen) atoms. The van der Waals surface area contributed by atoms with Crippen LogP contribution in [0.4, 0.5) is 0 Å². The van der Waals surface area contributed by atoms with E-state index in [4.69, 9.17) is 9.97 Å². The first-order chi connectivity index (χ1) is 29.7. The molecule has 9 aromatic carbocycles. The minimum atomic E-state index is 0.700. The minimum absolute atomic E-state index is 0.700. The summed E-state index contributed by atoms with van der Waals surface area (Å²) in [5.41, 5.74) is 15.3. The molecule has 0 saturated heterocycles. The molecule has 0 N–H and O–H groups in total. The number of nitrogens with zero attached hydrogens (tertiary/aromatic N) is 4. The van der Waals surface area contributed by atoms with Crippen LogP contribution in [-0.4, -0.2) is 18.9 Å². The Morgan fingerprint density at radius 2 is 0.850 bits per heavy atom. The molecule has 0 aliphatic rings. The van der Waals surface area contributed by atoms with E-state index in [9.17, 15) is 0 Å². The molecule has 0 aliphatic carbocycles. The number of hydrogen-bond acceptors (Lipinski definition) is 2. The molecule has 0 aliphatic heterocycles. The number of rotatable bonds is 6. The van der Waals surface area contributed by atoms with E-state index < -0.39 is 0 Å². The lowest BCUT2D eigenvalue weighted by Gasteiger charge is -2.13. The van der Waals surface area contributed by atoms with E-state index in [-0.39, 0.29) is 0 Å². The minimum Gasteiger partial charge on any atom is -0.293 e. The summed E-state index contributed by atoms with van der Waals surface area (Å²) in [4.78, 5) is 10.5. The van der Waals surface area contributed by atoms with Crippen molar-refractivity contribution in [2.75, 3.05) is 0 Å². The van der Waals surface area contributed by atoms with Crippen molar-refractivity contribution >= 4 is 49.1 Å². The molecular formula is C56H36N4. The largest absolute Gasteiger partial charge is 0.293 e. The van der Waals surface area contributed by atoms with E-state index in [0.717, 1.165) is 61.4 Å². The third-order valence-corrected chi connectivity index (χ3v) is 11.9. The number of imidazole rings is 1. The van der Waals surface area contributed by atoms with Crippen molar-refractivity contribution in [2.45, 2.75) is 0 Å². The van der Waals surface area contributed by atoms with Crippen molar-refractivity contribution in [3.05, 3.63) is 218 Å². The maximum atomic E-state index is 5.27. The van der Waals surface area contributed by atoms with Crippen molar-refractivity contribution < 1.29 is 0 Å². The van der Waals surface area contributed by atoms with Gasteiger partial charge in [0.15, 0.2) is 5.82 Å². The number of fused-ring (bicyclic) bond motifs is 7. The predicted molar refractivity (Wildman–Crippen MR) is 250 cm³/mol. The maximum Gasteiger partial charge on any atom is 0.160 e. The second-order valence-electron chi connectivity index (χ2n) is 15.5. The van der Waals surface area contributed by atoms with Crippen LogP contribution in [0, 0.1) is 0 Å². The summed E-state index contributed by atoms with van der Waals surface area (Å²) in [6.45, 7) is 0. The molecule has 4 heteroatoms. The summed E-state index contributed by atoms with van der Waals surface area (Å²) in [6.07, 6.45) is 0. The third kappa shape index (κ3) is 5.61. The molecule has 3 heterocycles. The lowest BCUT2D eigenvalue weighted by Crippen LogP contribution is -1.97. The molecule has 280 valence electrons. The Bertz CT molecular complexity index is 3510. The number of benzene rings is 9. The standard InChI is InChI=1S/C56H36N4/c1-2-16-39(17-3-1)54-48-24-8-9-25-51(48)60-53-27-11-10-26-52(53)59(56(54)60)47-23-13-21-43(35-47)42-20-12-22-44(33-42)49-36-50(45-30-28-37-14-4-6-18-40(37)32-45)58-55(57-49)46-31-29-38-15-5-7-19-41(38)34-46/h1-36H. The topological polar surface area (TPSA) is 35.1 Å². The molecule has 0 saturated carbocycles. The first-order valence-electron chi connectivity index (χ1n) is 20.4. The molecular weight excluding hydrogens is 729 g/mol. The lowest BCUT2D eigenvalue weighted by atomic mass is 9.99. The van der Waals surface area contributed by atoms with E-state index in [0.29, 0.717) is 5.82 Å². The molecule has 0 atom stereocenters. The van der Waals surface area contributed by atoms with Crippen LogP contribution in [-0.2, 0) is 0 Å². The van der Waals surface area contributed by atoms with Crippen molar-refractivity contribution in [3.63, 3.8) is 0 Å². The van der Waals surface area contributed by atoms with Crippen LogP contribution in [0.5, 0.6) is 0 Å². The van der Waals surface area contributed by atoms with Crippen LogP contribution in [0.1, 0.15) is 0 Å². The molecule has 0 spiro atoms. The van der Waals surface area contributed by atoms with Crippen LogP contribution in [0.2, 0.25) is 0 Å². The second-order valence-corrected chi connectivity index (χ2v) is 15.5. The van der Waals surface area contributed by atoms with Crippen LogP contribution in [0.15, 0.2) is 218 Å². The van der Waals surface area contributed by atoms with E-state index in [1.807, 2.05) is 0 Å². The summed E-state index contributed by atoms with van der Waals surface area (Å²) in [5, 5.41) is 5.97. The van der Waals surface area contributed by atoms with Crippen LogP contribution < -0.4 is 0 Å². The van der Waals surface area contributed by atoms with E-state index in [1.165, 1.54) is 43.7 Å². The van der Waals surface area contributed by atoms with Crippen LogP contribution in [0.25, 0.3) is 111 Å². The summed E-state index contributed by atoms with van der Waals surface area (Å²) in [5.74, 6) is 0.700. The van der Waals surface area contributed by atoms with Gasteiger partial charge in [0, 0.05) is 33.3 Å². The lowest BCUT2D eigenvalue weighted by molar-refractivity contribution is 1.15. The summed E-state index contributed by atoms with van der Waals surface area (Å²) < 4.78 is 4.86. The van der Waals surface area contributed by atoms with Crippen molar-refractivity contribution in [1.29, 1.82) is 0 Å². The van der Waals surface area contributed by atoms with Gasteiger partial charge < -0.3 is 0 Å². The zero-order valence-corrected chi connectivity index (χ0v) is 32.6. The zero-order chi connectivity index (χ0) is 39.6. The highest BCUT2D eigenvalue weighted by Gasteiger charge is 2.22. The number of para-hydroxylation sites is 3. The van der Waals surface area contributed by atoms with Gasteiger partial charge in [-0.2, -0.15) is 0 Å². The fourth-order valence-corrected chi connectivity index (χ4v) is 9.02. The molecule has 3 aromatic heterocycles. The van der Waals surface area contributed by atoms with Gasteiger partial charge in [-0.1, -0.05) is 164 Å². The Labute approximate surface area is 346 Å². The smallest absolute Gasteiger partial charge is 0.160 e. The number of hydrogen-bond donors (Lipinski definition) is 0. The van der Waals surface area contributed by atoms with Gasteiger partial charge in [-0.05, 0) is 92.8 Å². The van der Waals surface area contributed by atoms with Crippen molar-refractivity contribution in [3.8, 4) is 61.8 Å². The van der Waals surface area contributed by atoms with Crippen LogP contribution in [0.3, 0.4) is 0 Å². The first kappa shape index (κ1) is 34.0. The SMILES string of the molecule is c1ccc(-c2c3ccccc3n3c4ccccc4n(-c4cccc(-c5cccc(-c6cc(-c7ccc8ccccc8c7)nc(-c7ccc8ccccc8c7)n6)c5)c4)c23)cc1. The molecule has 0 unspecified atom stereocenters. The van der Waals surface area contributed by atoms with Gasteiger partial charge in [0.1, 0.15) is 5.65 Å². The summed E-state index contributed by atoms with van der Waals surface area (Å²) >= 11 is 0. The van der Waals surface area contributed by atoms with Crippen molar-refractivity contribution in [2.24, 2.45) is 0 Å². The fraction of sp³-hybridized carbons (Fsp3) is 0. The van der Waals surface area contributed by atoms with Crippen LogP contribution >= 0.6 is 0 Å². The fourth-order valence-electron chi connectivity index (χ4n) is 9.02. The van der Waals surface area contributed by atoms with Gasteiger partial charge in [-0.3, -0.25) is 8.97 Å². The Balaban J connectivity index is 1.02. The average Bonchev–Trinajstić information content (AvgIpc) is 3.84. The Hall–Kier alpha value is -8.08. The van der Waals surface area contributed by atoms with Gasteiger partial charge in [0.2, 0.25) is 0 Å². The first-order valence-corrected chi connectivity index (χ1v) is 20.4. The number of aromatic nitrogens is 4. The Morgan fingerprint density at radius 1 is 0.317 bits per heavy atom. The molecule has 0 amide bonds. The second kappa shape index (κ2) is 13.8. The molecule has 0 fully saturated rings. The molecule has 0 radical (unpaired) electrons. The predicted octanol–water partition coefficient (Wildman–Crippen LogP) is 14.5.